The summed E-state index contributed by atoms with van der Waals surface area (Å²) >= 11 is 0. The zero-order valence-corrected chi connectivity index (χ0v) is 3.31. The highest BCUT2D eigenvalue weighted by molar-refractivity contribution is 7.42. The lowest BCUT2D eigenvalue weighted by Gasteiger charge is -1.79. The summed E-state index contributed by atoms with van der Waals surface area (Å²) in [5.74, 6) is 0. The molecule has 0 saturated heterocycles. The molecule has 0 amide bonds. The Morgan fingerprint density at radius 3 is 1.40 bits per heavy atom. The summed E-state index contributed by atoms with van der Waals surface area (Å²) in [6.45, 7) is 0. The second-order valence-electron chi connectivity index (χ2n) is 0.320. The van der Waals surface area contributed by atoms with Crippen molar-refractivity contribution >= 4 is 8.53 Å². The molecule has 0 aromatic carbocycles. The third-order valence-corrected chi connectivity index (χ3v) is 0. The molecule has 0 spiro atoms. The fraction of sp³-hybridized carbons (Fsp3) is 0. The van der Waals surface area contributed by atoms with Crippen molar-refractivity contribution < 1.29 is 15.3 Å². The Morgan fingerprint density at radius 1 is 1.40 bits per heavy atom. The molecule has 0 fully saturated rings. The Morgan fingerprint density at radius 2 is 1.40 bits per heavy atom. The molecule has 0 heterocycles. The Bertz CT molecular complexity index is 11.6. The van der Waals surface area contributed by atoms with Crippen LogP contribution in [0.25, 0.3) is 0 Å². The minimum Gasteiger partial charge on any atom is -0.412 e. The maximum atomic E-state index is 7.45. The largest absolute Gasteiger partial charge is 0.412 e. The highest BCUT2D eigenvalue weighted by Crippen LogP contribution is 2.05. The predicted molar refractivity (Wildman–Crippen MR) is 19.2 cm³/mol. The monoisotopic (exact) mass is 99.0 g/mol. The predicted octanol–water partition coefficient (Wildman–Crippen LogP) is -1.67. The SMILES string of the molecule is NP(O)O.O. The van der Waals surface area contributed by atoms with E-state index in [1.54, 1.807) is 0 Å². The van der Waals surface area contributed by atoms with Gasteiger partial charge in [0.05, 0.1) is 0 Å². The van der Waals surface area contributed by atoms with Crippen LogP contribution in [-0.4, -0.2) is 15.3 Å². The molecule has 0 radical (unpaired) electrons. The van der Waals surface area contributed by atoms with Crippen molar-refractivity contribution in [3.63, 3.8) is 0 Å². The van der Waals surface area contributed by atoms with Gasteiger partial charge in [0.25, 0.3) is 0 Å². The van der Waals surface area contributed by atoms with Gasteiger partial charge in [0.2, 0.25) is 8.53 Å². The van der Waals surface area contributed by atoms with Crippen LogP contribution in [0.15, 0.2) is 0 Å². The molecule has 0 rings (SSSR count). The number of nitrogens with two attached hydrogens (primary N) is 1. The summed E-state index contributed by atoms with van der Waals surface area (Å²) in [6, 6.07) is 0. The van der Waals surface area contributed by atoms with Crippen LogP contribution in [0, 0.1) is 0 Å². The van der Waals surface area contributed by atoms with Crippen molar-refractivity contribution in [2.24, 2.45) is 5.50 Å². The summed E-state index contributed by atoms with van der Waals surface area (Å²) in [5.41, 5.74) is 4.29. The van der Waals surface area contributed by atoms with Gasteiger partial charge in [-0.2, -0.15) is 0 Å². The van der Waals surface area contributed by atoms with E-state index in [9.17, 15) is 0 Å². The van der Waals surface area contributed by atoms with Crippen LogP contribution in [0.5, 0.6) is 0 Å². The third kappa shape index (κ3) is 302. The van der Waals surface area contributed by atoms with E-state index in [-0.39, 0.29) is 5.48 Å². The molecule has 5 heavy (non-hydrogen) atoms. The van der Waals surface area contributed by atoms with Crippen LogP contribution in [-0.2, 0) is 0 Å². The van der Waals surface area contributed by atoms with Gasteiger partial charge in [0.15, 0.2) is 0 Å². The van der Waals surface area contributed by atoms with Gasteiger partial charge in [0.1, 0.15) is 0 Å². The highest BCUT2D eigenvalue weighted by Gasteiger charge is 1.72. The Hall–Kier alpha value is 0.270. The molecule has 0 aliphatic rings. The molecule has 34 valence electrons. The quantitative estimate of drug-likeness (QED) is 0.317. The van der Waals surface area contributed by atoms with Crippen molar-refractivity contribution in [1.29, 1.82) is 0 Å². The fourth-order valence-corrected chi connectivity index (χ4v) is 0. The molecule has 0 aromatic heterocycles. The zero-order valence-electron chi connectivity index (χ0n) is 2.42. The van der Waals surface area contributed by atoms with Gasteiger partial charge < -0.3 is 15.3 Å². The molecule has 0 aliphatic heterocycles. The molecule has 6 N–H and O–H groups in total. The minimum atomic E-state index is -2.12. The van der Waals surface area contributed by atoms with Gasteiger partial charge in [-0.05, 0) is 0 Å². The van der Waals surface area contributed by atoms with Crippen LogP contribution in [0.1, 0.15) is 0 Å². The summed E-state index contributed by atoms with van der Waals surface area (Å²) in [7, 11) is -2.12. The van der Waals surface area contributed by atoms with E-state index < -0.39 is 8.53 Å². The molecule has 0 aromatic rings. The number of hydrogen-bond acceptors (Lipinski definition) is 3. The lowest BCUT2D eigenvalue weighted by molar-refractivity contribution is 0.485. The average Bonchev–Trinajstić information content (AvgIpc) is 0.811. The van der Waals surface area contributed by atoms with Gasteiger partial charge >= 0.3 is 0 Å². The smallest absolute Gasteiger partial charge is 0.247 e. The molecular weight excluding hydrogens is 93.0 g/mol. The van der Waals surface area contributed by atoms with E-state index >= 15 is 0 Å². The second kappa shape index (κ2) is 4.27. The fourth-order valence-electron chi connectivity index (χ4n) is 0. The summed E-state index contributed by atoms with van der Waals surface area (Å²) in [4.78, 5) is 14.9. The summed E-state index contributed by atoms with van der Waals surface area (Å²) in [5, 5.41) is 0. The molecule has 0 saturated carbocycles. The standard InChI is InChI=1S/H4NO2P.H2O/c1-4(2)3;/h2-3H,1H2;1H2. The first-order chi connectivity index (χ1) is 1.73. The Balaban J connectivity index is 0. The molecule has 0 bridgehead atoms. The Labute approximate surface area is 30.5 Å². The van der Waals surface area contributed by atoms with Crippen LogP contribution >= 0.6 is 8.53 Å². The molecular formula is H6NO3P. The maximum Gasteiger partial charge on any atom is 0.247 e. The normalized spacial score (nSPS) is 7.20. The van der Waals surface area contributed by atoms with Crippen LogP contribution in [0.2, 0.25) is 0 Å². The first-order valence-corrected chi connectivity index (χ1v) is 1.97. The van der Waals surface area contributed by atoms with Gasteiger partial charge in [0, 0.05) is 0 Å². The first-order valence-electron chi connectivity index (χ1n) is 0.658. The minimum absolute atomic E-state index is 0. The van der Waals surface area contributed by atoms with E-state index in [1.807, 2.05) is 0 Å². The van der Waals surface area contributed by atoms with E-state index in [0.29, 0.717) is 0 Å². The summed E-state index contributed by atoms with van der Waals surface area (Å²) < 4.78 is 0. The molecule has 0 atom stereocenters. The molecule has 4 nitrogen and oxygen atoms in total. The van der Waals surface area contributed by atoms with Gasteiger partial charge in [-0.3, -0.25) is 5.50 Å². The molecule has 0 unspecified atom stereocenters. The third-order valence-electron chi connectivity index (χ3n) is 0. The van der Waals surface area contributed by atoms with Crippen molar-refractivity contribution in [3.05, 3.63) is 0 Å². The molecule has 5 heteroatoms. The second-order valence-corrected chi connectivity index (χ2v) is 0.961. The van der Waals surface area contributed by atoms with Crippen molar-refractivity contribution in [2.75, 3.05) is 0 Å². The zero-order chi connectivity index (χ0) is 3.58. The highest BCUT2D eigenvalue weighted by atomic mass is 31.2. The Kier molecular flexibility index (Phi) is 7.67. The summed E-state index contributed by atoms with van der Waals surface area (Å²) in [6.07, 6.45) is 0. The van der Waals surface area contributed by atoms with Gasteiger partial charge in [-0.1, -0.05) is 0 Å². The van der Waals surface area contributed by atoms with E-state index in [2.05, 4.69) is 5.50 Å². The number of rotatable bonds is 0. The van der Waals surface area contributed by atoms with E-state index in [4.69, 9.17) is 9.79 Å². The average molecular weight is 99.0 g/mol. The lowest BCUT2D eigenvalue weighted by atomic mass is 13.9. The van der Waals surface area contributed by atoms with Crippen LogP contribution in [0.4, 0.5) is 0 Å². The lowest BCUT2D eigenvalue weighted by Crippen LogP contribution is -1.78. The van der Waals surface area contributed by atoms with E-state index in [1.165, 1.54) is 0 Å². The van der Waals surface area contributed by atoms with Crippen molar-refractivity contribution in [1.82, 2.24) is 0 Å². The topological polar surface area (TPSA) is 98.0 Å². The van der Waals surface area contributed by atoms with Crippen LogP contribution in [0.3, 0.4) is 0 Å². The van der Waals surface area contributed by atoms with E-state index in [0.717, 1.165) is 0 Å². The van der Waals surface area contributed by atoms with Crippen LogP contribution < -0.4 is 5.50 Å². The maximum absolute atomic E-state index is 7.45. The first kappa shape index (κ1) is 8.99. The van der Waals surface area contributed by atoms with Crippen molar-refractivity contribution in [2.45, 2.75) is 0 Å². The number of hydrogen-bond donors (Lipinski definition) is 3. The molecule has 0 aliphatic carbocycles. The van der Waals surface area contributed by atoms with Gasteiger partial charge in [-0.25, -0.2) is 0 Å². The van der Waals surface area contributed by atoms with Gasteiger partial charge in [-0.15, -0.1) is 0 Å². The van der Waals surface area contributed by atoms with Crippen molar-refractivity contribution in [3.8, 4) is 0 Å².